The lowest BCUT2D eigenvalue weighted by atomic mass is 10.1. The standard InChI is InChI=1S/C20H27N3O2/c1-3-4-5-12-21-19-10-9-17(15-23-19)20(24)22-13-11-16-7-6-8-18(14-16)25-2/h6-10,14-15H,3-5,11-13H2,1-2H3,(H,21,23)(H,22,24). The van der Waals surface area contributed by atoms with Crippen LogP contribution in [0.1, 0.15) is 42.1 Å². The van der Waals surface area contributed by atoms with Crippen LogP contribution in [-0.2, 0) is 6.42 Å². The van der Waals surface area contributed by atoms with Gasteiger partial charge in [0, 0.05) is 19.3 Å². The van der Waals surface area contributed by atoms with Crippen LogP contribution in [0, 0.1) is 0 Å². The third-order valence-electron chi connectivity index (χ3n) is 3.95. The summed E-state index contributed by atoms with van der Waals surface area (Å²) in [5.41, 5.74) is 1.70. The van der Waals surface area contributed by atoms with E-state index in [4.69, 9.17) is 4.74 Å². The van der Waals surface area contributed by atoms with Gasteiger partial charge in [-0.15, -0.1) is 0 Å². The predicted molar refractivity (Wildman–Crippen MR) is 101 cm³/mol. The Kier molecular flexibility index (Phi) is 7.76. The number of rotatable bonds is 10. The van der Waals surface area contributed by atoms with E-state index in [1.807, 2.05) is 30.3 Å². The molecule has 2 aromatic rings. The molecule has 0 aliphatic carbocycles. The van der Waals surface area contributed by atoms with E-state index in [0.29, 0.717) is 12.1 Å². The van der Waals surface area contributed by atoms with Gasteiger partial charge in [-0.25, -0.2) is 4.98 Å². The average molecular weight is 341 g/mol. The van der Waals surface area contributed by atoms with Gasteiger partial charge in [-0.3, -0.25) is 4.79 Å². The van der Waals surface area contributed by atoms with Crippen LogP contribution < -0.4 is 15.4 Å². The van der Waals surface area contributed by atoms with E-state index in [9.17, 15) is 4.79 Å². The zero-order valence-corrected chi connectivity index (χ0v) is 15.0. The fraction of sp³-hybridized carbons (Fsp3) is 0.400. The number of amides is 1. The number of nitrogens with one attached hydrogen (secondary N) is 2. The first-order valence-electron chi connectivity index (χ1n) is 8.84. The van der Waals surface area contributed by atoms with E-state index in [0.717, 1.165) is 36.5 Å². The minimum atomic E-state index is -0.104. The topological polar surface area (TPSA) is 63.2 Å². The minimum absolute atomic E-state index is 0.104. The van der Waals surface area contributed by atoms with Gasteiger partial charge in [0.1, 0.15) is 11.6 Å². The molecule has 0 atom stereocenters. The zero-order chi connectivity index (χ0) is 17.9. The number of nitrogens with zero attached hydrogens (tertiary/aromatic N) is 1. The molecule has 5 nitrogen and oxygen atoms in total. The first-order chi connectivity index (χ1) is 12.2. The number of hydrogen-bond donors (Lipinski definition) is 2. The molecule has 5 heteroatoms. The molecule has 1 amide bonds. The molecule has 0 radical (unpaired) electrons. The summed E-state index contributed by atoms with van der Waals surface area (Å²) in [7, 11) is 1.65. The number of unbranched alkanes of at least 4 members (excludes halogenated alkanes) is 2. The summed E-state index contributed by atoms with van der Waals surface area (Å²) in [5.74, 6) is 1.53. The Morgan fingerprint density at radius 1 is 1.16 bits per heavy atom. The smallest absolute Gasteiger partial charge is 0.252 e. The largest absolute Gasteiger partial charge is 0.497 e. The van der Waals surface area contributed by atoms with Crippen molar-refractivity contribution >= 4 is 11.7 Å². The van der Waals surface area contributed by atoms with Crippen LogP contribution in [0.2, 0.25) is 0 Å². The molecular formula is C20H27N3O2. The van der Waals surface area contributed by atoms with Gasteiger partial charge in [-0.1, -0.05) is 31.9 Å². The van der Waals surface area contributed by atoms with Gasteiger partial charge in [0.15, 0.2) is 0 Å². The maximum atomic E-state index is 12.2. The molecule has 0 spiro atoms. The van der Waals surface area contributed by atoms with Crippen molar-refractivity contribution in [1.29, 1.82) is 0 Å². The summed E-state index contributed by atoms with van der Waals surface area (Å²) in [5, 5.41) is 6.19. The van der Waals surface area contributed by atoms with Gasteiger partial charge in [-0.2, -0.15) is 0 Å². The highest BCUT2D eigenvalue weighted by molar-refractivity contribution is 5.94. The van der Waals surface area contributed by atoms with Gasteiger partial charge in [0.25, 0.3) is 5.91 Å². The maximum Gasteiger partial charge on any atom is 0.252 e. The second kappa shape index (κ2) is 10.3. The molecule has 2 N–H and O–H groups in total. The molecule has 25 heavy (non-hydrogen) atoms. The van der Waals surface area contributed by atoms with Gasteiger partial charge in [0.2, 0.25) is 0 Å². The summed E-state index contributed by atoms with van der Waals surface area (Å²) in [6.07, 6.45) is 5.91. The number of hydrogen-bond acceptors (Lipinski definition) is 4. The highest BCUT2D eigenvalue weighted by Crippen LogP contribution is 2.12. The number of anilines is 1. The van der Waals surface area contributed by atoms with Gasteiger partial charge in [0.05, 0.1) is 12.7 Å². The fourth-order valence-electron chi connectivity index (χ4n) is 2.47. The SMILES string of the molecule is CCCCCNc1ccc(C(=O)NCCc2cccc(OC)c2)cn1. The molecule has 1 aromatic heterocycles. The van der Waals surface area contributed by atoms with Crippen LogP contribution in [0.4, 0.5) is 5.82 Å². The Morgan fingerprint density at radius 2 is 2.04 bits per heavy atom. The summed E-state index contributed by atoms with van der Waals surface area (Å²) < 4.78 is 5.20. The summed E-state index contributed by atoms with van der Waals surface area (Å²) >= 11 is 0. The van der Waals surface area contributed by atoms with Crippen molar-refractivity contribution in [3.05, 3.63) is 53.7 Å². The number of benzene rings is 1. The summed E-state index contributed by atoms with van der Waals surface area (Å²) in [6, 6.07) is 11.5. The normalized spacial score (nSPS) is 10.3. The summed E-state index contributed by atoms with van der Waals surface area (Å²) in [6.45, 7) is 3.66. The Bertz CT molecular complexity index is 656. The van der Waals surface area contributed by atoms with Crippen LogP contribution in [-0.4, -0.2) is 31.1 Å². The van der Waals surface area contributed by atoms with Crippen molar-refractivity contribution in [3.63, 3.8) is 0 Å². The van der Waals surface area contributed by atoms with E-state index < -0.39 is 0 Å². The van der Waals surface area contributed by atoms with Crippen LogP contribution in [0.25, 0.3) is 0 Å². The first-order valence-corrected chi connectivity index (χ1v) is 8.84. The highest BCUT2D eigenvalue weighted by Gasteiger charge is 2.06. The van der Waals surface area contributed by atoms with E-state index in [1.54, 1.807) is 19.4 Å². The Hall–Kier alpha value is -2.56. The molecule has 0 fully saturated rings. The van der Waals surface area contributed by atoms with Crippen molar-refractivity contribution in [3.8, 4) is 5.75 Å². The van der Waals surface area contributed by atoms with Crippen LogP contribution in [0.5, 0.6) is 5.75 Å². The molecule has 0 bridgehead atoms. The van der Waals surface area contributed by atoms with Gasteiger partial charge in [-0.05, 0) is 42.7 Å². The number of ether oxygens (including phenoxy) is 1. The van der Waals surface area contributed by atoms with Crippen molar-refractivity contribution in [2.75, 3.05) is 25.5 Å². The van der Waals surface area contributed by atoms with Crippen LogP contribution in [0.15, 0.2) is 42.6 Å². The van der Waals surface area contributed by atoms with E-state index in [1.165, 1.54) is 12.8 Å². The van der Waals surface area contributed by atoms with Gasteiger partial charge < -0.3 is 15.4 Å². The Morgan fingerprint density at radius 3 is 2.76 bits per heavy atom. The van der Waals surface area contributed by atoms with Crippen molar-refractivity contribution in [1.82, 2.24) is 10.3 Å². The molecular weight excluding hydrogens is 314 g/mol. The monoisotopic (exact) mass is 341 g/mol. The molecule has 2 rings (SSSR count). The maximum absolute atomic E-state index is 12.2. The van der Waals surface area contributed by atoms with Crippen molar-refractivity contribution in [2.24, 2.45) is 0 Å². The van der Waals surface area contributed by atoms with Crippen molar-refractivity contribution in [2.45, 2.75) is 32.6 Å². The minimum Gasteiger partial charge on any atom is -0.497 e. The second-order valence-electron chi connectivity index (χ2n) is 5.92. The number of carbonyl (C=O) groups excluding carboxylic acids is 1. The molecule has 134 valence electrons. The third kappa shape index (κ3) is 6.45. The lowest BCUT2D eigenvalue weighted by Crippen LogP contribution is -2.25. The second-order valence-corrected chi connectivity index (χ2v) is 5.92. The van der Waals surface area contributed by atoms with Gasteiger partial charge >= 0.3 is 0 Å². The molecule has 0 aliphatic rings. The summed E-state index contributed by atoms with van der Waals surface area (Å²) in [4.78, 5) is 16.5. The number of aromatic nitrogens is 1. The first kappa shape index (κ1) is 18.8. The van der Waals surface area contributed by atoms with E-state index in [-0.39, 0.29) is 5.91 Å². The highest BCUT2D eigenvalue weighted by atomic mass is 16.5. The molecule has 0 aliphatic heterocycles. The number of methoxy groups -OCH3 is 1. The predicted octanol–water partition coefficient (Wildman–Crippen LogP) is 3.66. The Balaban J connectivity index is 1.76. The molecule has 1 heterocycles. The Labute approximate surface area is 149 Å². The molecule has 0 unspecified atom stereocenters. The van der Waals surface area contributed by atoms with E-state index in [2.05, 4.69) is 22.5 Å². The number of pyridine rings is 1. The third-order valence-corrected chi connectivity index (χ3v) is 3.95. The number of carbonyl (C=O) groups is 1. The van der Waals surface area contributed by atoms with E-state index >= 15 is 0 Å². The van der Waals surface area contributed by atoms with Crippen LogP contribution >= 0.6 is 0 Å². The molecule has 0 saturated heterocycles. The zero-order valence-electron chi connectivity index (χ0n) is 15.0. The van der Waals surface area contributed by atoms with Crippen molar-refractivity contribution < 1.29 is 9.53 Å². The fourth-order valence-corrected chi connectivity index (χ4v) is 2.47. The molecule has 1 aromatic carbocycles. The quantitative estimate of drug-likeness (QED) is 0.647. The lowest BCUT2D eigenvalue weighted by molar-refractivity contribution is 0.0954. The lowest BCUT2D eigenvalue weighted by Gasteiger charge is -2.08. The molecule has 0 saturated carbocycles. The average Bonchev–Trinajstić information content (AvgIpc) is 2.66. The van der Waals surface area contributed by atoms with Crippen LogP contribution in [0.3, 0.4) is 0 Å².